The molecular weight excluding hydrogens is 502 g/mol. The van der Waals surface area contributed by atoms with E-state index in [0.717, 1.165) is 79.4 Å². The third kappa shape index (κ3) is 5.34. The van der Waals surface area contributed by atoms with Gasteiger partial charge in [0.05, 0.1) is 29.1 Å². The van der Waals surface area contributed by atoms with Crippen molar-refractivity contribution in [2.75, 3.05) is 18.0 Å². The van der Waals surface area contributed by atoms with Gasteiger partial charge in [0.2, 0.25) is 0 Å². The van der Waals surface area contributed by atoms with Crippen LogP contribution in [0.4, 0.5) is 5.82 Å². The molecule has 5 rings (SSSR count). The number of rotatable bonds is 8. The first kappa shape index (κ1) is 26.3. The Hall–Kier alpha value is -4.27. The van der Waals surface area contributed by atoms with Crippen molar-refractivity contribution in [2.45, 2.75) is 26.8 Å². The lowest BCUT2D eigenvalue weighted by molar-refractivity contribution is 0.513. The Kier molecular flexibility index (Phi) is 7.32. The number of thiophene rings is 1. The van der Waals surface area contributed by atoms with Crippen LogP contribution in [0.2, 0.25) is 0 Å². The summed E-state index contributed by atoms with van der Waals surface area (Å²) in [6.45, 7) is 20.1. The standard InChI is InChI=1S/C31H33N7S/c1-7-8-23(29-12-11-28(39-29)18(2)3)24-13-26(34-21(24)6)31-20(5)25(36-37-31)10-9-19(4)27-14-33-15-30(35-27)38-16-22(32)17-38/h7-15,22,34,36H,1-2,5,16-17,32H2,3-4,6H3/b19-9+,23-8+,25-10+. The fraction of sp³-hybridized carbons (Fsp3) is 0.194. The van der Waals surface area contributed by atoms with Crippen LogP contribution >= 0.6 is 11.3 Å². The van der Waals surface area contributed by atoms with Crippen LogP contribution < -0.4 is 21.2 Å². The number of aromatic nitrogens is 5. The second-order valence-electron chi connectivity index (χ2n) is 9.89. The molecule has 198 valence electrons. The maximum absolute atomic E-state index is 5.92. The first-order chi connectivity index (χ1) is 18.7. The molecule has 4 aromatic rings. The highest BCUT2D eigenvalue weighted by Gasteiger charge is 2.24. The Morgan fingerprint density at radius 1 is 1.18 bits per heavy atom. The number of hydrogen-bond acceptors (Lipinski definition) is 6. The van der Waals surface area contributed by atoms with Crippen molar-refractivity contribution in [3.8, 4) is 11.4 Å². The number of hydrogen-bond donors (Lipinski definition) is 3. The van der Waals surface area contributed by atoms with E-state index in [1.165, 1.54) is 4.88 Å². The van der Waals surface area contributed by atoms with Gasteiger partial charge in [0.1, 0.15) is 11.5 Å². The van der Waals surface area contributed by atoms with Gasteiger partial charge in [-0.2, -0.15) is 5.10 Å². The molecule has 0 unspecified atom stereocenters. The van der Waals surface area contributed by atoms with E-state index in [-0.39, 0.29) is 6.04 Å². The smallest absolute Gasteiger partial charge is 0.147 e. The number of nitrogens with zero attached hydrogens (tertiary/aromatic N) is 4. The van der Waals surface area contributed by atoms with Gasteiger partial charge in [0.25, 0.3) is 0 Å². The number of aryl methyl sites for hydroxylation is 1. The molecule has 0 aromatic carbocycles. The van der Waals surface area contributed by atoms with E-state index < -0.39 is 0 Å². The molecule has 0 radical (unpaired) electrons. The summed E-state index contributed by atoms with van der Waals surface area (Å²) in [5.41, 5.74) is 13.7. The molecule has 0 spiro atoms. The van der Waals surface area contributed by atoms with Crippen LogP contribution in [-0.4, -0.2) is 44.3 Å². The Bertz CT molecular complexity index is 1720. The summed E-state index contributed by atoms with van der Waals surface area (Å²) in [7, 11) is 0. The zero-order valence-corrected chi connectivity index (χ0v) is 23.4. The van der Waals surface area contributed by atoms with Crippen LogP contribution in [0.5, 0.6) is 0 Å². The second-order valence-corrected chi connectivity index (χ2v) is 11.0. The van der Waals surface area contributed by atoms with Crippen molar-refractivity contribution in [3.05, 3.63) is 99.3 Å². The topological polar surface area (TPSA) is 99.5 Å². The summed E-state index contributed by atoms with van der Waals surface area (Å²) in [5, 5.41) is 9.37. The lowest BCUT2D eigenvalue weighted by Gasteiger charge is -2.37. The Morgan fingerprint density at radius 2 is 1.95 bits per heavy atom. The maximum Gasteiger partial charge on any atom is 0.147 e. The number of anilines is 1. The Balaban J connectivity index is 1.43. The molecule has 5 heterocycles. The fourth-order valence-electron chi connectivity index (χ4n) is 4.53. The highest BCUT2D eigenvalue weighted by molar-refractivity contribution is 7.14. The molecule has 0 amide bonds. The second kappa shape index (κ2) is 10.8. The normalized spacial score (nSPS) is 15.1. The summed E-state index contributed by atoms with van der Waals surface area (Å²) < 4.78 is 0. The van der Waals surface area contributed by atoms with Crippen molar-refractivity contribution in [2.24, 2.45) is 5.73 Å². The predicted molar refractivity (Wildman–Crippen MR) is 165 cm³/mol. The molecular formula is C31H33N7S. The molecule has 8 heteroatoms. The van der Waals surface area contributed by atoms with E-state index >= 15 is 0 Å². The third-order valence-electron chi connectivity index (χ3n) is 6.80. The molecule has 0 saturated carbocycles. The summed E-state index contributed by atoms with van der Waals surface area (Å²) in [5.74, 6) is 0.852. The van der Waals surface area contributed by atoms with Crippen LogP contribution in [0.25, 0.3) is 40.8 Å². The molecule has 0 aliphatic carbocycles. The first-order valence-corrected chi connectivity index (χ1v) is 13.6. The predicted octanol–water partition coefficient (Wildman–Crippen LogP) is 4.66. The van der Waals surface area contributed by atoms with Crippen molar-refractivity contribution in [1.82, 2.24) is 25.1 Å². The number of nitrogens with one attached hydrogen (secondary N) is 2. The number of aromatic amines is 2. The number of nitrogens with two attached hydrogens (primary N) is 1. The van der Waals surface area contributed by atoms with Gasteiger partial charge in [-0.25, -0.2) is 4.98 Å². The van der Waals surface area contributed by atoms with Crippen LogP contribution in [-0.2, 0) is 0 Å². The third-order valence-corrected chi connectivity index (χ3v) is 8.08. The first-order valence-electron chi connectivity index (χ1n) is 12.8. The van der Waals surface area contributed by atoms with E-state index in [1.54, 1.807) is 23.7 Å². The van der Waals surface area contributed by atoms with Crippen LogP contribution in [0.1, 0.15) is 40.6 Å². The van der Waals surface area contributed by atoms with Gasteiger partial charge in [-0.05, 0) is 56.2 Å². The van der Waals surface area contributed by atoms with Gasteiger partial charge in [-0.1, -0.05) is 38.0 Å². The van der Waals surface area contributed by atoms with Gasteiger partial charge in [0, 0.05) is 50.9 Å². The fourth-order valence-corrected chi connectivity index (χ4v) is 5.50. The van der Waals surface area contributed by atoms with Gasteiger partial charge in [-0.15, -0.1) is 11.3 Å². The minimum atomic E-state index is 0.208. The van der Waals surface area contributed by atoms with Crippen LogP contribution in [0.3, 0.4) is 0 Å². The molecule has 1 saturated heterocycles. The number of allylic oxidation sites excluding steroid dienone is 5. The quantitative estimate of drug-likeness (QED) is 0.285. The van der Waals surface area contributed by atoms with Crippen molar-refractivity contribution >= 4 is 46.5 Å². The van der Waals surface area contributed by atoms with Crippen molar-refractivity contribution in [1.29, 1.82) is 0 Å². The highest BCUT2D eigenvalue weighted by atomic mass is 32.1. The Labute approximate surface area is 232 Å². The highest BCUT2D eigenvalue weighted by Crippen LogP contribution is 2.35. The van der Waals surface area contributed by atoms with Crippen molar-refractivity contribution in [3.63, 3.8) is 0 Å². The molecule has 4 N–H and O–H groups in total. The molecule has 0 bridgehead atoms. The van der Waals surface area contributed by atoms with E-state index in [9.17, 15) is 0 Å². The molecule has 39 heavy (non-hydrogen) atoms. The van der Waals surface area contributed by atoms with E-state index in [4.69, 9.17) is 10.7 Å². The van der Waals surface area contributed by atoms with E-state index in [0.29, 0.717) is 0 Å². The molecule has 7 nitrogen and oxygen atoms in total. The lowest BCUT2D eigenvalue weighted by Crippen LogP contribution is -2.56. The molecule has 1 aliphatic rings. The van der Waals surface area contributed by atoms with Gasteiger partial charge in [-0.3, -0.25) is 10.1 Å². The summed E-state index contributed by atoms with van der Waals surface area (Å²) in [6.07, 6.45) is 11.4. The maximum atomic E-state index is 5.92. The average molecular weight is 536 g/mol. The van der Waals surface area contributed by atoms with Gasteiger partial charge in [0.15, 0.2) is 0 Å². The average Bonchev–Trinajstić information content (AvgIpc) is 3.63. The Morgan fingerprint density at radius 3 is 2.64 bits per heavy atom. The molecule has 0 atom stereocenters. The zero-order valence-electron chi connectivity index (χ0n) is 22.6. The summed E-state index contributed by atoms with van der Waals surface area (Å²) in [6, 6.07) is 6.59. The minimum Gasteiger partial charge on any atom is -0.357 e. The largest absolute Gasteiger partial charge is 0.357 e. The summed E-state index contributed by atoms with van der Waals surface area (Å²) >= 11 is 1.73. The molecule has 1 aliphatic heterocycles. The van der Waals surface area contributed by atoms with Gasteiger partial charge >= 0.3 is 0 Å². The van der Waals surface area contributed by atoms with Crippen molar-refractivity contribution < 1.29 is 0 Å². The molecule has 4 aromatic heterocycles. The summed E-state index contributed by atoms with van der Waals surface area (Å²) in [4.78, 5) is 17.1. The van der Waals surface area contributed by atoms with E-state index in [1.807, 2.05) is 38.2 Å². The van der Waals surface area contributed by atoms with E-state index in [2.05, 4.69) is 69.9 Å². The zero-order chi connectivity index (χ0) is 27.7. The molecule has 1 fully saturated rings. The SMILES string of the molecule is C=C/C=C(/c1ccc(C(=C)C)s1)c1cc(-c2n[nH]/c(=C/C=C(\C)c3cncc(N4CC(N)C4)n3)c2=C)[nH]c1C. The van der Waals surface area contributed by atoms with Crippen LogP contribution in [0.15, 0.2) is 62.0 Å². The van der Waals surface area contributed by atoms with Crippen LogP contribution in [0, 0.1) is 6.92 Å². The monoisotopic (exact) mass is 535 g/mol. The lowest BCUT2D eigenvalue weighted by atomic mass is 10.0. The van der Waals surface area contributed by atoms with Gasteiger partial charge < -0.3 is 15.6 Å². The number of H-pyrrole nitrogens is 2. The minimum absolute atomic E-state index is 0.208.